The highest BCUT2D eigenvalue weighted by atomic mass is 14.4. The van der Waals surface area contributed by atoms with Gasteiger partial charge in [-0.1, -0.05) is 172 Å². The Morgan fingerprint density at radius 2 is 0.909 bits per heavy atom. The molecule has 0 spiro atoms. The lowest BCUT2D eigenvalue weighted by atomic mass is 9.66. The number of benzene rings is 3. The lowest BCUT2D eigenvalue weighted by Crippen LogP contribution is -2.41. The van der Waals surface area contributed by atoms with E-state index in [1.165, 1.54) is 76.6 Å². The molecule has 4 unspecified atom stereocenters. The van der Waals surface area contributed by atoms with Crippen molar-refractivity contribution < 1.29 is 0 Å². The molecule has 268 valence electrons. The van der Waals surface area contributed by atoms with E-state index in [0.29, 0.717) is 23.7 Å². The Kier molecular flexibility index (Phi) is 7.67. The zero-order valence-electron chi connectivity index (χ0n) is 32.1. The Morgan fingerprint density at radius 3 is 1.40 bits per heavy atom. The van der Waals surface area contributed by atoms with Crippen LogP contribution >= 0.6 is 0 Å². The summed E-state index contributed by atoms with van der Waals surface area (Å²) in [6, 6.07) is 27.7. The summed E-state index contributed by atoms with van der Waals surface area (Å²) in [5.74, 6) is 1.39. The third-order valence-corrected chi connectivity index (χ3v) is 14.1. The summed E-state index contributed by atoms with van der Waals surface area (Å²) < 4.78 is 0. The molecule has 0 fully saturated rings. The van der Waals surface area contributed by atoms with Gasteiger partial charge in [0.25, 0.3) is 0 Å². The van der Waals surface area contributed by atoms with Gasteiger partial charge < -0.3 is 0 Å². The quantitative estimate of drug-likeness (QED) is 0.253. The highest BCUT2D eigenvalue weighted by molar-refractivity contribution is 5.88. The molecule has 3 aromatic carbocycles. The summed E-state index contributed by atoms with van der Waals surface area (Å²) in [6.45, 7) is 4.86. The van der Waals surface area contributed by atoms with Gasteiger partial charge in [-0.2, -0.15) is 0 Å². The van der Waals surface area contributed by atoms with Crippen LogP contribution in [0.4, 0.5) is 0 Å². The van der Waals surface area contributed by atoms with E-state index in [1.54, 1.807) is 11.1 Å². The van der Waals surface area contributed by atoms with Crippen molar-refractivity contribution >= 4 is 27.9 Å². The second-order valence-corrected chi connectivity index (χ2v) is 17.2. The molecule has 0 nitrogen and oxygen atoms in total. The highest BCUT2D eigenvalue weighted by Gasteiger charge is 2.40. The second kappa shape index (κ2) is 12.8. The van der Waals surface area contributed by atoms with Gasteiger partial charge in [-0.15, -0.1) is 0 Å². The lowest BCUT2D eigenvalue weighted by Gasteiger charge is -2.37. The predicted molar refractivity (Wildman–Crippen MR) is 231 cm³/mol. The maximum absolute atomic E-state index is 2.61. The van der Waals surface area contributed by atoms with Crippen LogP contribution in [0, 0.1) is 23.7 Å². The number of hydrogen-bond acceptors (Lipinski definition) is 0. The van der Waals surface area contributed by atoms with Gasteiger partial charge >= 0.3 is 0 Å². The van der Waals surface area contributed by atoms with Crippen molar-refractivity contribution in [2.24, 2.45) is 23.7 Å². The van der Waals surface area contributed by atoms with Crippen LogP contribution in [0.25, 0.3) is 27.9 Å². The monoisotopic (exact) mass is 708 g/mol. The maximum atomic E-state index is 2.61. The van der Waals surface area contributed by atoms with E-state index in [-0.39, 0.29) is 5.41 Å². The molecule has 3 aromatic rings. The zero-order valence-corrected chi connectivity index (χ0v) is 32.1. The van der Waals surface area contributed by atoms with Crippen molar-refractivity contribution in [1.82, 2.24) is 0 Å². The molecule has 11 rings (SSSR count). The molecule has 0 heterocycles. The SMILES string of the molecule is CC1(C)C2=C(CCC(C3=c4ccccc4=C(C4=CC=C(C5=c6ccccc6=C(C6=CC=CCC6)C6C=CC=CC56)CC4)C4C=CC=CC34)=C2)c2ccccc21. The normalized spacial score (nSPS) is 26.7. The van der Waals surface area contributed by atoms with Crippen molar-refractivity contribution in [3.05, 3.63) is 218 Å². The molecule has 0 aromatic heterocycles. The number of hydrogen-bond donors (Lipinski definition) is 0. The predicted octanol–water partition coefficient (Wildman–Crippen LogP) is 10.1. The van der Waals surface area contributed by atoms with Crippen molar-refractivity contribution in [2.45, 2.75) is 57.8 Å². The van der Waals surface area contributed by atoms with Crippen LogP contribution in [0.2, 0.25) is 0 Å². The largest absolute Gasteiger partial charge is 0.0842 e. The van der Waals surface area contributed by atoms with E-state index in [2.05, 4.69) is 172 Å². The third kappa shape index (κ3) is 5.03. The topological polar surface area (TPSA) is 0 Å². The fraction of sp³-hybridized carbons (Fsp3) is 0.236. The first-order chi connectivity index (χ1) is 27.1. The van der Waals surface area contributed by atoms with Crippen LogP contribution in [-0.2, 0) is 5.41 Å². The van der Waals surface area contributed by atoms with Crippen molar-refractivity contribution in [3.63, 3.8) is 0 Å². The molecular weight excluding hydrogens is 661 g/mol. The lowest BCUT2D eigenvalue weighted by molar-refractivity contribution is 0.646. The summed E-state index contributed by atoms with van der Waals surface area (Å²) >= 11 is 0. The molecule has 0 heteroatoms. The van der Waals surface area contributed by atoms with Gasteiger partial charge in [0.2, 0.25) is 0 Å². The molecule has 55 heavy (non-hydrogen) atoms. The van der Waals surface area contributed by atoms with E-state index in [0.717, 1.165) is 38.5 Å². The first kappa shape index (κ1) is 32.9. The van der Waals surface area contributed by atoms with Gasteiger partial charge in [0, 0.05) is 29.1 Å². The molecule has 0 saturated carbocycles. The van der Waals surface area contributed by atoms with Crippen LogP contribution in [-0.4, -0.2) is 0 Å². The number of allylic oxidation sites excluding steroid dienone is 20. The van der Waals surface area contributed by atoms with E-state index in [4.69, 9.17) is 0 Å². The first-order valence-corrected chi connectivity index (χ1v) is 20.8. The summed E-state index contributed by atoms with van der Waals surface area (Å²) in [4.78, 5) is 0. The molecule has 0 amide bonds. The highest BCUT2D eigenvalue weighted by Crippen LogP contribution is 2.53. The minimum absolute atomic E-state index is 0.0208. The van der Waals surface area contributed by atoms with E-state index < -0.39 is 0 Å². The van der Waals surface area contributed by atoms with Gasteiger partial charge in [-0.25, -0.2) is 0 Å². The standard InChI is InChI=1S/C55H48/c1-55(2)49-27-15-14-18-39(49)40-33-32-38(34-50(40)55)54-47-25-12-10-23-45(47)53(46-24-11-13-26-48(46)54)37-30-28-36(29-31-37)52-43-21-8-6-19-41(43)51(35-16-4-3-5-17-35)42-20-7-9-22-44(42)52/h3-4,6-16,18-28,30,34,41,43,45,47H,5,17,29,31-33H2,1-2H3. The molecule has 0 aliphatic heterocycles. The third-order valence-electron chi connectivity index (χ3n) is 14.1. The molecular formula is C55H48. The Bertz CT molecular complexity index is 2780. The summed E-state index contributed by atoms with van der Waals surface area (Å²) in [5.41, 5.74) is 18.3. The first-order valence-electron chi connectivity index (χ1n) is 20.8. The number of rotatable bonds is 4. The van der Waals surface area contributed by atoms with Gasteiger partial charge in [-0.05, 0) is 126 Å². The zero-order chi connectivity index (χ0) is 36.7. The van der Waals surface area contributed by atoms with Gasteiger partial charge in [0.15, 0.2) is 0 Å². The van der Waals surface area contributed by atoms with Crippen molar-refractivity contribution in [1.29, 1.82) is 0 Å². The van der Waals surface area contributed by atoms with E-state index >= 15 is 0 Å². The fourth-order valence-electron chi connectivity index (χ4n) is 11.6. The fourth-order valence-corrected chi connectivity index (χ4v) is 11.6. The van der Waals surface area contributed by atoms with Crippen LogP contribution < -0.4 is 20.9 Å². The molecule has 0 saturated heterocycles. The maximum Gasteiger partial charge on any atom is 0.0155 e. The number of fused-ring (bicyclic) bond motifs is 6. The summed E-state index contributed by atoms with van der Waals surface area (Å²) in [5, 5.41) is 5.73. The molecule has 0 bridgehead atoms. The van der Waals surface area contributed by atoms with Crippen LogP contribution in [0.5, 0.6) is 0 Å². The smallest absolute Gasteiger partial charge is 0.0155 e. The molecule has 8 aliphatic carbocycles. The van der Waals surface area contributed by atoms with Crippen LogP contribution in [0.3, 0.4) is 0 Å². The second-order valence-electron chi connectivity index (χ2n) is 17.2. The molecule has 4 atom stereocenters. The average molecular weight is 709 g/mol. The van der Waals surface area contributed by atoms with Gasteiger partial charge in [-0.3, -0.25) is 0 Å². The average Bonchev–Trinajstić information content (AvgIpc) is 3.47. The van der Waals surface area contributed by atoms with Crippen molar-refractivity contribution in [2.75, 3.05) is 0 Å². The van der Waals surface area contributed by atoms with Crippen LogP contribution in [0.15, 0.2) is 186 Å². The van der Waals surface area contributed by atoms with E-state index in [9.17, 15) is 0 Å². The summed E-state index contributed by atoms with van der Waals surface area (Å²) in [6.07, 6.45) is 40.3. The van der Waals surface area contributed by atoms with Crippen LogP contribution in [0.1, 0.15) is 63.5 Å². The molecule has 8 aliphatic rings. The van der Waals surface area contributed by atoms with E-state index in [1.807, 2.05) is 0 Å². The Balaban J connectivity index is 1.07. The minimum Gasteiger partial charge on any atom is -0.0842 e. The van der Waals surface area contributed by atoms with Gasteiger partial charge in [0.1, 0.15) is 0 Å². The Morgan fingerprint density at radius 1 is 0.455 bits per heavy atom. The summed E-state index contributed by atoms with van der Waals surface area (Å²) in [7, 11) is 0. The Labute approximate surface area is 325 Å². The minimum atomic E-state index is 0.0208. The molecule has 0 radical (unpaired) electrons. The van der Waals surface area contributed by atoms with Gasteiger partial charge in [0.05, 0.1) is 0 Å². The Hall–Kier alpha value is -5.46. The molecule has 0 N–H and O–H groups in total. The van der Waals surface area contributed by atoms with Crippen molar-refractivity contribution in [3.8, 4) is 0 Å².